The van der Waals surface area contributed by atoms with Gasteiger partial charge in [0.05, 0.1) is 12.8 Å². The van der Waals surface area contributed by atoms with Gasteiger partial charge in [-0.05, 0) is 30.2 Å². The maximum atomic E-state index is 12.8. The van der Waals surface area contributed by atoms with Gasteiger partial charge >= 0.3 is 12.3 Å². The van der Waals surface area contributed by atoms with Crippen LogP contribution < -0.4 is 26.0 Å². The van der Waals surface area contributed by atoms with E-state index in [1.54, 1.807) is 0 Å². The number of carbonyl (C=O) groups is 1. The molecule has 0 spiro atoms. The fraction of sp³-hybridized carbons (Fsp3) is 0.316. The number of ether oxygens (including phenoxy) is 2. The Bertz CT molecular complexity index is 1120. The highest BCUT2D eigenvalue weighted by molar-refractivity contribution is 6.19. The standard InChI is InChI=1S/C19H19F2N3O5/c1-4-7-24-16-14(17(26)23(2)19(24)27)15(25)11(22-16)8-10-5-6-12(29-18(20)21)13(9-10)28-3/h5-6,8-9,18,22H,4,7H2,1-3H3/b11-8-. The molecule has 1 aliphatic heterocycles. The number of benzene rings is 1. The molecule has 0 saturated heterocycles. The number of methoxy groups -OCH3 is 1. The van der Waals surface area contributed by atoms with Crippen molar-refractivity contribution in [2.24, 2.45) is 7.05 Å². The summed E-state index contributed by atoms with van der Waals surface area (Å²) in [5, 5.41) is 2.85. The maximum Gasteiger partial charge on any atom is 0.387 e. The Balaban J connectivity index is 2.05. The zero-order valence-electron chi connectivity index (χ0n) is 16.0. The van der Waals surface area contributed by atoms with Crippen LogP contribution in [0.2, 0.25) is 0 Å². The number of hydrogen-bond acceptors (Lipinski definition) is 6. The summed E-state index contributed by atoms with van der Waals surface area (Å²) in [5.74, 6) is -0.496. The summed E-state index contributed by atoms with van der Waals surface area (Å²) in [6.07, 6.45) is 2.07. The van der Waals surface area contributed by atoms with Crippen molar-refractivity contribution in [1.82, 2.24) is 9.13 Å². The van der Waals surface area contributed by atoms with E-state index in [1.807, 2.05) is 6.92 Å². The average Bonchev–Trinajstić information content (AvgIpc) is 3.00. The number of nitrogens with one attached hydrogen (secondary N) is 1. The summed E-state index contributed by atoms with van der Waals surface area (Å²) in [6.45, 7) is -0.810. The van der Waals surface area contributed by atoms with Crippen LogP contribution in [0.4, 0.5) is 14.6 Å². The number of fused-ring (bicyclic) bond motifs is 1. The number of nitrogens with zero attached hydrogens (tertiary/aromatic N) is 2. The van der Waals surface area contributed by atoms with Crippen molar-refractivity contribution >= 4 is 17.7 Å². The first-order valence-corrected chi connectivity index (χ1v) is 8.78. The molecule has 1 aromatic heterocycles. The third-order valence-electron chi connectivity index (χ3n) is 4.43. The van der Waals surface area contributed by atoms with Crippen LogP contribution in [0.5, 0.6) is 11.5 Å². The van der Waals surface area contributed by atoms with E-state index < -0.39 is 23.6 Å². The molecular weight excluding hydrogens is 388 g/mol. The van der Waals surface area contributed by atoms with Crippen LogP contribution in [0.3, 0.4) is 0 Å². The molecule has 10 heteroatoms. The van der Waals surface area contributed by atoms with Gasteiger partial charge in [0, 0.05) is 13.6 Å². The topological polar surface area (TPSA) is 91.6 Å². The third-order valence-corrected chi connectivity index (χ3v) is 4.43. The Morgan fingerprint density at radius 2 is 1.93 bits per heavy atom. The monoisotopic (exact) mass is 407 g/mol. The van der Waals surface area contributed by atoms with E-state index in [2.05, 4.69) is 10.1 Å². The number of ketones is 1. The predicted octanol–water partition coefficient (Wildman–Crippen LogP) is 2.22. The molecule has 2 heterocycles. The van der Waals surface area contributed by atoms with Crippen molar-refractivity contribution in [1.29, 1.82) is 0 Å². The van der Waals surface area contributed by atoms with E-state index >= 15 is 0 Å². The average molecular weight is 407 g/mol. The molecule has 3 rings (SSSR count). The second kappa shape index (κ2) is 7.90. The SMILES string of the molecule is CCCn1c2c(c(=O)n(C)c1=O)C(=O)/C(=C/c1ccc(OC(F)F)c(OC)c1)N2. The number of allylic oxidation sites excluding steroid dienone is 1. The van der Waals surface area contributed by atoms with Crippen LogP contribution in [0.15, 0.2) is 33.5 Å². The minimum Gasteiger partial charge on any atom is -0.493 e. The van der Waals surface area contributed by atoms with Gasteiger partial charge in [-0.1, -0.05) is 13.0 Å². The molecule has 0 bridgehead atoms. The van der Waals surface area contributed by atoms with Crippen molar-refractivity contribution in [3.63, 3.8) is 0 Å². The van der Waals surface area contributed by atoms with Gasteiger partial charge in [0.25, 0.3) is 5.56 Å². The van der Waals surface area contributed by atoms with Crippen LogP contribution in [-0.4, -0.2) is 28.6 Å². The lowest BCUT2D eigenvalue weighted by Crippen LogP contribution is -2.40. The van der Waals surface area contributed by atoms with E-state index in [-0.39, 0.29) is 28.6 Å². The van der Waals surface area contributed by atoms with E-state index in [0.717, 1.165) is 4.57 Å². The number of Topliss-reactive ketones (excluding diaryl/α,β-unsaturated/α-hetero) is 1. The largest absolute Gasteiger partial charge is 0.493 e. The first-order chi connectivity index (χ1) is 13.8. The lowest BCUT2D eigenvalue weighted by molar-refractivity contribution is -0.0512. The Kier molecular flexibility index (Phi) is 5.53. The molecule has 0 fully saturated rings. The number of anilines is 1. The van der Waals surface area contributed by atoms with Gasteiger partial charge in [-0.15, -0.1) is 0 Å². The Labute approximate surface area is 164 Å². The second-order valence-corrected chi connectivity index (χ2v) is 6.32. The van der Waals surface area contributed by atoms with Crippen molar-refractivity contribution in [3.05, 3.63) is 55.9 Å². The zero-order valence-corrected chi connectivity index (χ0v) is 16.0. The van der Waals surface area contributed by atoms with Gasteiger partial charge in [0.2, 0.25) is 5.78 Å². The maximum absolute atomic E-state index is 12.8. The van der Waals surface area contributed by atoms with Crippen LogP contribution in [-0.2, 0) is 13.6 Å². The van der Waals surface area contributed by atoms with Crippen LogP contribution in [0.25, 0.3) is 6.08 Å². The van der Waals surface area contributed by atoms with Crippen molar-refractivity contribution in [3.8, 4) is 11.5 Å². The van der Waals surface area contributed by atoms with Gasteiger partial charge in [-0.25, -0.2) is 4.79 Å². The molecule has 154 valence electrons. The molecule has 0 amide bonds. The van der Waals surface area contributed by atoms with Gasteiger partial charge in [-0.2, -0.15) is 8.78 Å². The number of rotatable bonds is 6. The van der Waals surface area contributed by atoms with Gasteiger partial charge in [0.15, 0.2) is 11.5 Å². The van der Waals surface area contributed by atoms with Gasteiger partial charge in [-0.3, -0.25) is 18.7 Å². The highest BCUT2D eigenvalue weighted by Crippen LogP contribution is 2.31. The minimum absolute atomic E-state index is 0.0569. The predicted molar refractivity (Wildman–Crippen MR) is 102 cm³/mol. The summed E-state index contributed by atoms with van der Waals surface area (Å²) in [7, 11) is 2.62. The summed E-state index contributed by atoms with van der Waals surface area (Å²) in [6, 6.07) is 4.16. The third kappa shape index (κ3) is 3.65. The minimum atomic E-state index is -3.01. The van der Waals surface area contributed by atoms with E-state index in [4.69, 9.17) is 4.74 Å². The molecule has 1 aliphatic rings. The summed E-state index contributed by atoms with van der Waals surface area (Å²) in [5.41, 5.74) is -0.786. The Morgan fingerprint density at radius 3 is 2.55 bits per heavy atom. The van der Waals surface area contributed by atoms with Gasteiger partial charge < -0.3 is 14.8 Å². The molecule has 0 aliphatic carbocycles. The van der Waals surface area contributed by atoms with Crippen molar-refractivity contribution < 1.29 is 23.0 Å². The number of carbonyl (C=O) groups excluding carboxylic acids is 1. The van der Waals surface area contributed by atoms with Gasteiger partial charge in [0.1, 0.15) is 11.4 Å². The Hall–Kier alpha value is -3.43. The van der Waals surface area contributed by atoms with E-state index in [0.29, 0.717) is 18.5 Å². The molecule has 8 nitrogen and oxygen atoms in total. The van der Waals surface area contributed by atoms with Crippen molar-refractivity contribution in [2.75, 3.05) is 12.4 Å². The Morgan fingerprint density at radius 1 is 1.21 bits per heavy atom. The molecule has 0 saturated carbocycles. The number of alkyl halides is 2. The first-order valence-electron chi connectivity index (χ1n) is 8.78. The first kappa shape index (κ1) is 20.3. The normalized spacial score (nSPS) is 14.3. The fourth-order valence-corrected chi connectivity index (χ4v) is 3.09. The smallest absolute Gasteiger partial charge is 0.387 e. The zero-order chi connectivity index (χ0) is 21.3. The van der Waals surface area contributed by atoms with E-state index in [1.165, 1.54) is 43.0 Å². The summed E-state index contributed by atoms with van der Waals surface area (Å²) >= 11 is 0. The van der Waals surface area contributed by atoms with Crippen LogP contribution in [0.1, 0.15) is 29.3 Å². The second-order valence-electron chi connectivity index (χ2n) is 6.32. The van der Waals surface area contributed by atoms with Crippen LogP contribution in [0, 0.1) is 0 Å². The fourth-order valence-electron chi connectivity index (χ4n) is 3.09. The molecule has 1 N–H and O–H groups in total. The highest BCUT2D eigenvalue weighted by atomic mass is 19.3. The molecule has 2 aromatic rings. The summed E-state index contributed by atoms with van der Waals surface area (Å²) in [4.78, 5) is 37.6. The van der Waals surface area contributed by atoms with Crippen LogP contribution >= 0.6 is 0 Å². The number of halogens is 2. The molecule has 0 radical (unpaired) electrons. The highest BCUT2D eigenvalue weighted by Gasteiger charge is 2.32. The number of aromatic nitrogens is 2. The molecule has 1 aromatic carbocycles. The molecule has 0 unspecified atom stereocenters. The lowest BCUT2D eigenvalue weighted by atomic mass is 10.1. The molecule has 0 atom stereocenters. The number of hydrogen-bond donors (Lipinski definition) is 1. The van der Waals surface area contributed by atoms with Crippen molar-refractivity contribution in [2.45, 2.75) is 26.5 Å². The lowest BCUT2D eigenvalue weighted by Gasteiger charge is -2.12. The molecule has 29 heavy (non-hydrogen) atoms. The summed E-state index contributed by atoms with van der Waals surface area (Å²) < 4.78 is 36.6. The molecular formula is C19H19F2N3O5. The van der Waals surface area contributed by atoms with E-state index in [9.17, 15) is 23.2 Å². The quantitative estimate of drug-likeness (QED) is 0.739.